The van der Waals surface area contributed by atoms with E-state index in [0.29, 0.717) is 5.92 Å². The van der Waals surface area contributed by atoms with Crippen LogP contribution in [0.2, 0.25) is 0 Å². The van der Waals surface area contributed by atoms with Gasteiger partial charge in [-0.05, 0) is 36.8 Å². The van der Waals surface area contributed by atoms with E-state index in [2.05, 4.69) is 44.0 Å². The Kier molecular flexibility index (Phi) is 4.36. The van der Waals surface area contributed by atoms with E-state index in [1.165, 1.54) is 11.1 Å². The minimum Gasteiger partial charge on any atom is -0.322 e. The second-order valence-electron chi connectivity index (χ2n) is 5.60. The maximum Gasteiger partial charge on any atom is 0.111 e. The van der Waals surface area contributed by atoms with E-state index in [1.807, 2.05) is 6.07 Å². The highest BCUT2D eigenvalue weighted by Gasteiger charge is 2.16. The molecule has 2 rings (SSSR count). The Hall–Kier alpha value is -0.930. The van der Waals surface area contributed by atoms with Crippen LogP contribution in [0.1, 0.15) is 44.7 Å². The molecule has 2 nitrogen and oxygen atoms in total. The average molecular weight is 262 g/mol. The summed E-state index contributed by atoms with van der Waals surface area (Å²) in [5.74, 6) is 1.40. The molecular formula is C15H22N2S. The first-order chi connectivity index (χ1) is 8.56. The van der Waals surface area contributed by atoms with Gasteiger partial charge in [-0.15, -0.1) is 11.3 Å². The Bertz CT molecular complexity index is 471. The fourth-order valence-electron chi connectivity index (χ4n) is 2.48. The molecule has 2 atom stereocenters. The van der Waals surface area contributed by atoms with Crippen LogP contribution < -0.4 is 5.73 Å². The van der Waals surface area contributed by atoms with Gasteiger partial charge in [0.1, 0.15) is 5.01 Å². The van der Waals surface area contributed by atoms with Crippen LogP contribution in [0.3, 0.4) is 0 Å². The van der Waals surface area contributed by atoms with Crippen molar-refractivity contribution in [2.45, 2.75) is 39.7 Å². The monoisotopic (exact) mass is 262 g/mol. The quantitative estimate of drug-likeness (QED) is 0.869. The van der Waals surface area contributed by atoms with Gasteiger partial charge in [0.25, 0.3) is 0 Å². The minimum absolute atomic E-state index is 0.0798. The van der Waals surface area contributed by atoms with Crippen molar-refractivity contribution in [3.05, 3.63) is 29.3 Å². The van der Waals surface area contributed by atoms with Crippen molar-refractivity contribution in [1.82, 2.24) is 4.98 Å². The van der Waals surface area contributed by atoms with Crippen LogP contribution in [0.5, 0.6) is 0 Å². The van der Waals surface area contributed by atoms with Gasteiger partial charge in [0.2, 0.25) is 0 Å². The Morgan fingerprint density at radius 3 is 2.56 bits per heavy atom. The predicted molar refractivity (Wildman–Crippen MR) is 79.8 cm³/mol. The third kappa shape index (κ3) is 3.30. The summed E-state index contributed by atoms with van der Waals surface area (Å²) in [6.45, 7) is 6.81. The van der Waals surface area contributed by atoms with Gasteiger partial charge in [0, 0.05) is 0 Å². The van der Waals surface area contributed by atoms with Gasteiger partial charge >= 0.3 is 0 Å². The van der Waals surface area contributed by atoms with Crippen molar-refractivity contribution in [3.8, 4) is 0 Å². The second kappa shape index (κ2) is 5.81. The molecule has 0 aliphatic rings. The summed E-state index contributed by atoms with van der Waals surface area (Å²) in [6.07, 6.45) is 2.26. The SMILES string of the molecule is CC(C)CC(C)CC(N)c1nc2ccccc2s1. The fourth-order valence-corrected chi connectivity index (χ4v) is 3.47. The Labute approximate surface area is 113 Å². The molecule has 2 unspecified atom stereocenters. The number of nitrogens with zero attached hydrogens (tertiary/aromatic N) is 1. The fraction of sp³-hybridized carbons (Fsp3) is 0.533. The van der Waals surface area contributed by atoms with Crippen LogP contribution in [0.15, 0.2) is 24.3 Å². The smallest absolute Gasteiger partial charge is 0.111 e. The highest BCUT2D eigenvalue weighted by Crippen LogP contribution is 2.29. The first kappa shape index (κ1) is 13.5. The van der Waals surface area contributed by atoms with Gasteiger partial charge in [-0.1, -0.05) is 32.9 Å². The van der Waals surface area contributed by atoms with E-state index in [-0.39, 0.29) is 6.04 Å². The molecule has 98 valence electrons. The Balaban J connectivity index is 2.06. The van der Waals surface area contributed by atoms with Crippen molar-refractivity contribution in [2.75, 3.05) is 0 Å². The van der Waals surface area contributed by atoms with E-state index in [1.54, 1.807) is 11.3 Å². The summed E-state index contributed by atoms with van der Waals surface area (Å²) in [7, 11) is 0. The Morgan fingerprint density at radius 2 is 1.89 bits per heavy atom. The lowest BCUT2D eigenvalue weighted by molar-refractivity contribution is 0.387. The van der Waals surface area contributed by atoms with Crippen LogP contribution in [-0.4, -0.2) is 4.98 Å². The Morgan fingerprint density at radius 1 is 1.17 bits per heavy atom. The minimum atomic E-state index is 0.0798. The number of nitrogens with two attached hydrogens (primary N) is 1. The highest BCUT2D eigenvalue weighted by atomic mass is 32.1. The zero-order chi connectivity index (χ0) is 13.1. The average Bonchev–Trinajstić information content (AvgIpc) is 2.71. The topological polar surface area (TPSA) is 38.9 Å². The maximum absolute atomic E-state index is 6.28. The van der Waals surface area contributed by atoms with Crippen LogP contribution in [0.25, 0.3) is 10.2 Å². The molecule has 0 aliphatic heterocycles. The lowest BCUT2D eigenvalue weighted by Crippen LogP contribution is -2.14. The normalized spacial score (nSPS) is 15.2. The summed E-state index contributed by atoms with van der Waals surface area (Å²) in [5.41, 5.74) is 7.36. The maximum atomic E-state index is 6.28. The lowest BCUT2D eigenvalue weighted by atomic mass is 9.93. The molecule has 0 fully saturated rings. The number of hydrogen-bond donors (Lipinski definition) is 1. The molecule has 0 saturated carbocycles. The largest absolute Gasteiger partial charge is 0.322 e. The molecule has 1 aromatic carbocycles. The molecule has 0 spiro atoms. The third-order valence-corrected chi connectivity index (χ3v) is 4.33. The molecule has 0 saturated heterocycles. The van der Waals surface area contributed by atoms with Crippen LogP contribution >= 0.6 is 11.3 Å². The number of rotatable bonds is 5. The first-order valence-corrected chi connectivity index (χ1v) is 7.49. The number of fused-ring (bicyclic) bond motifs is 1. The molecule has 1 heterocycles. The van der Waals surface area contributed by atoms with Gasteiger partial charge in [0.15, 0.2) is 0 Å². The van der Waals surface area contributed by atoms with Crippen molar-refractivity contribution in [1.29, 1.82) is 0 Å². The molecule has 3 heteroatoms. The number of benzene rings is 1. The predicted octanol–water partition coefficient (Wildman–Crippen LogP) is 4.37. The highest BCUT2D eigenvalue weighted by molar-refractivity contribution is 7.18. The van der Waals surface area contributed by atoms with Gasteiger partial charge < -0.3 is 5.73 Å². The molecule has 0 amide bonds. The van der Waals surface area contributed by atoms with Crippen LogP contribution in [0.4, 0.5) is 0 Å². The van der Waals surface area contributed by atoms with E-state index in [9.17, 15) is 0 Å². The molecule has 18 heavy (non-hydrogen) atoms. The zero-order valence-corrected chi connectivity index (χ0v) is 12.2. The van der Waals surface area contributed by atoms with Gasteiger partial charge in [0.05, 0.1) is 16.3 Å². The van der Waals surface area contributed by atoms with Crippen molar-refractivity contribution in [2.24, 2.45) is 17.6 Å². The first-order valence-electron chi connectivity index (χ1n) is 6.67. The standard InChI is InChI=1S/C15H22N2S/c1-10(2)8-11(3)9-12(16)15-17-13-6-4-5-7-14(13)18-15/h4-7,10-12H,8-9,16H2,1-3H3. The molecule has 2 aromatic rings. The van der Waals surface area contributed by atoms with Crippen molar-refractivity contribution in [3.63, 3.8) is 0 Å². The lowest BCUT2D eigenvalue weighted by Gasteiger charge is -2.17. The summed E-state index contributed by atoms with van der Waals surface area (Å²) in [5, 5.41) is 1.08. The number of aromatic nitrogens is 1. The molecule has 2 N–H and O–H groups in total. The van der Waals surface area contributed by atoms with Gasteiger partial charge in [-0.25, -0.2) is 4.98 Å². The molecule has 0 radical (unpaired) electrons. The summed E-state index contributed by atoms with van der Waals surface area (Å²) >= 11 is 1.73. The van der Waals surface area contributed by atoms with Crippen molar-refractivity contribution >= 4 is 21.6 Å². The number of para-hydroxylation sites is 1. The van der Waals surface area contributed by atoms with E-state index >= 15 is 0 Å². The molecular weight excluding hydrogens is 240 g/mol. The zero-order valence-electron chi connectivity index (χ0n) is 11.4. The van der Waals surface area contributed by atoms with E-state index in [0.717, 1.165) is 22.9 Å². The second-order valence-corrected chi connectivity index (χ2v) is 6.66. The van der Waals surface area contributed by atoms with Crippen LogP contribution in [-0.2, 0) is 0 Å². The van der Waals surface area contributed by atoms with Crippen molar-refractivity contribution < 1.29 is 0 Å². The summed E-state index contributed by atoms with van der Waals surface area (Å²) < 4.78 is 1.24. The van der Waals surface area contributed by atoms with Gasteiger partial charge in [-0.2, -0.15) is 0 Å². The molecule has 1 aromatic heterocycles. The molecule has 0 aliphatic carbocycles. The van der Waals surface area contributed by atoms with Gasteiger partial charge in [-0.3, -0.25) is 0 Å². The number of hydrogen-bond acceptors (Lipinski definition) is 3. The third-order valence-electron chi connectivity index (χ3n) is 3.16. The van der Waals surface area contributed by atoms with E-state index in [4.69, 9.17) is 5.73 Å². The van der Waals surface area contributed by atoms with E-state index < -0.39 is 0 Å². The molecule has 0 bridgehead atoms. The summed E-state index contributed by atoms with van der Waals surface area (Å²) in [6, 6.07) is 8.33. The van der Waals surface area contributed by atoms with Crippen LogP contribution in [0, 0.1) is 11.8 Å². The number of thiazole rings is 1. The summed E-state index contributed by atoms with van der Waals surface area (Å²) in [4.78, 5) is 4.64.